The van der Waals surface area contributed by atoms with Crippen LogP contribution in [0.25, 0.3) is 21.9 Å². The lowest BCUT2D eigenvalue weighted by Crippen LogP contribution is -1.89. The molecule has 3 aromatic carbocycles. The second-order valence-electron chi connectivity index (χ2n) is 4.99. The number of fused-ring (bicyclic) bond motifs is 1. The van der Waals surface area contributed by atoms with Crippen LogP contribution in [0.4, 0.5) is 4.39 Å². The Morgan fingerprint density at radius 2 is 1.70 bits per heavy atom. The Morgan fingerprint density at radius 3 is 2.50 bits per heavy atom. The Bertz CT molecular complexity index is 777. The third-order valence-corrected chi connectivity index (χ3v) is 3.59. The summed E-state index contributed by atoms with van der Waals surface area (Å²) in [5.74, 6) is -0.168. The Balaban J connectivity index is 2.16. The smallest absolute Gasteiger partial charge is 0.133 e. The molecule has 0 atom stereocenters. The molecule has 2 heteroatoms. The molecule has 0 unspecified atom stereocenters. The minimum atomic E-state index is -0.168. The van der Waals surface area contributed by atoms with Gasteiger partial charge in [0.25, 0.3) is 0 Å². The van der Waals surface area contributed by atoms with Crippen molar-refractivity contribution in [3.8, 4) is 11.1 Å². The summed E-state index contributed by atoms with van der Waals surface area (Å²) in [6, 6.07) is 17.1. The second-order valence-corrected chi connectivity index (χ2v) is 4.99. The maximum Gasteiger partial charge on any atom is 0.133 e. The van der Waals surface area contributed by atoms with Crippen molar-refractivity contribution in [2.24, 2.45) is 0 Å². The van der Waals surface area contributed by atoms with Gasteiger partial charge < -0.3 is 5.11 Å². The van der Waals surface area contributed by atoms with Crippen LogP contribution in [0.5, 0.6) is 0 Å². The van der Waals surface area contributed by atoms with Crippen LogP contribution in [-0.2, 0) is 6.61 Å². The molecular weight excluding hydrogens is 251 g/mol. The predicted octanol–water partition coefficient (Wildman–Crippen LogP) is 4.45. The van der Waals surface area contributed by atoms with Gasteiger partial charge in [-0.3, -0.25) is 0 Å². The van der Waals surface area contributed by atoms with Crippen molar-refractivity contribution in [3.63, 3.8) is 0 Å². The van der Waals surface area contributed by atoms with Crippen molar-refractivity contribution in [3.05, 3.63) is 71.5 Å². The Morgan fingerprint density at radius 1 is 0.950 bits per heavy atom. The zero-order valence-corrected chi connectivity index (χ0v) is 11.2. The first-order valence-corrected chi connectivity index (χ1v) is 6.58. The summed E-state index contributed by atoms with van der Waals surface area (Å²) < 4.78 is 14.2. The molecule has 1 nitrogen and oxygen atoms in total. The highest BCUT2D eigenvalue weighted by Gasteiger charge is 2.07. The minimum absolute atomic E-state index is 0.0319. The molecule has 0 radical (unpaired) electrons. The van der Waals surface area contributed by atoms with Gasteiger partial charge in [0.2, 0.25) is 0 Å². The van der Waals surface area contributed by atoms with Crippen molar-refractivity contribution < 1.29 is 9.50 Å². The summed E-state index contributed by atoms with van der Waals surface area (Å²) in [6.07, 6.45) is 0. The number of rotatable bonds is 2. The number of hydrogen-bond donors (Lipinski definition) is 1. The highest BCUT2D eigenvalue weighted by atomic mass is 19.1. The topological polar surface area (TPSA) is 20.2 Å². The van der Waals surface area contributed by atoms with Crippen LogP contribution in [0.2, 0.25) is 0 Å². The van der Waals surface area contributed by atoms with E-state index >= 15 is 0 Å². The minimum Gasteiger partial charge on any atom is -0.392 e. The highest BCUT2D eigenvalue weighted by molar-refractivity contribution is 5.88. The SMILES string of the molecule is Cc1cccc(-c2ccc3cc(CO)ccc3c2)c1F. The van der Waals surface area contributed by atoms with Gasteiger partial charge in [0.1, 0.15) is 5.82 Å². The van der Waals surface area contributed by atoms with Crippen molar-refractivity contribution in [1.29, 1.82) is 0 Å². The van der Waals surface area contributed by atoms with Crippen LogP contribution in [0.15, 0.2) is 54.6 Å². The summed E-state index contributed by atoms with van der Waals surface area (Å²) >= 11 is 0. The Kier molecular flexibility index (Phi) is 3.25. The van der Waals surface area contributed by atoms with Crippen molar-refractivity contribution in [2.75, 3.05) is 0 Å². The average Bonchev–Trinajstić information content (AvgIpc) is 2.49. The van der Waals surface area contributed by atoms with E-state index in [1.165, 1.54) is 0 Å². The average molecular weight is 266 g/mol. The van der Waals surface area contributed by atoms with Crippen molar-refractivity contribution in [1.82, 2.24) is 0 Å². The van der Waals surface area contributed by atoms with E-state index in [4.69, 9.17) is 5.11 Å². The molecule has 0 fully saturated rings. The molecule has 0 spiro atoms. The van der Waals surface area contributed by atoms with Gasteiger partial charge in [0.15, 0.2) is 0 Å². The number of benzene rings is 3. The molecule has 0 saturated carbocycles. The number of aryl methyl sites for hydroxylation is 1. The van der Waals surface area contributed by atoms with Crippen molar-refractivity contribution in [2.45, 2.75) is 13.5 Å². The molecular formula is C18H15FO. The van der Waals surface area contributed by atoms with E-state index in [0.29, 0.717) is 11.1 Å². The Hall–Kier alpha value is -2.19. The Labute approximate surface area is 117 Å². The van der Waals surface area contributed by atoms with E-state index in [9.17, 15) is 4.39 Å². The molecule has 0 aliphatic heterocycles. The quantitative estimate of drug-likeness (QED) is 0.726. The van der Waals surface area contributed by atoms with Crippen LogP contribution >= 0.6 is 0 Å². The molecule has 3 aromatic rings. The standard InChI is InChI=1S/C18H15FO/c1-12-3-2-4-17(18(12)19)16-8-7-14-9-13(11-20)5-6-15(14)10-16/h2-10,20H,11H2,1H3. The van der Waals surface area contributed by atoms with E-state index < -0.39 is 0 Å². The summed E-state index contributed by atoms with van der Waals surface area (Å²) in [6.45, 7) is 1.80. The fourth-order valence-electron chi connectivity index (χ4n) is 2.43. The third-order valence-electron chi connectivity index (χ3n) is 3.59. The number of aliphatic hydroxyl groups is 1. The zero-order chi connectivity index (χ0) is 14.1. The van der Waals surface area contributed by atoms with Gasteiger partial charge in [0.05, 0.1) is 6.61 Å². The van der Waals surface area contributed by atoms with Crippen LogP contribution in [0, 0.1) is 12.7 Å². The predicted molar refractivity (Wildman–Crippen MR) is 80.0 cm³/mol. The van der Waals surface area contributed by atoms with Gasteiger partial charge in [-0.25, -0.2) is 4.39 Å². The van der Waals surface area contributed by atoms with Crippen molar-refractivity contribution >= 4 is 10.8 Å². The lowest BCUT2D eigenvalue weighted by molar-refractivity contribution is 0.282. The van der Waals surface area contributed by atoms with Crippen LogP contribution in [0.1, 0.15) is 11.1 Å². The summed E-state index contributed by atoms with van der Waals surface area (Å²) in [5.41, 5.74) is 3.03. The van der Waals surface area contributed by atoms with Crippen LogP contribution in [0.3, 0.4) is 0 Å². The normalized spacial score (nSPS) is 10.9. The third kappa shape index (κ3) is 2.19. The second kappa shape index (κ2) is 5.06. The zero-order valence-electron chi connectivity index (χ0n) is 11.2. The molecule has 0 aromatic heterocycles. The summed E-state index contributed by atoms with van der Waals surface area (Å²) in [5, 5.41) is 11.2. The molecule has 1 N–H and O–H groups in total. The maximum atomic E-state index is 14.2. The number of hydrogen-bond acceptors (Lipinski definition) is 1. The van der Waals surface area contributed by atoms with Crippen LogP contribution < -0.4 is 0 Å². The molecule has 100 valence electrons. The van der Waals surface area contributed by atoms with Gasteiger partial charge in [-0.1, -0.05) is 42.5 Å². The van der Waals surface area contributed by atoms with Gasteiger partial charge in [-0.05, 0) is 46.5 Å². The lowest BCUT2D eigenvalue weighted by atomic mass is 9.98. The first kappa shape index (κ1) is 12.8. The molecule has 20 heavy (non-hydrogen) atoms. The van der Waals surface area contributed by atoms with Gasteiger partial charge >= 0.3 is 0 Å². The fraction of sp³-hybridized carbons (Fsp3) is 0.111. The van der Waals surface area contributed by atoms with E-state index in [-0.39, 0.29) is 12.4 Å². The highest BCUT2D eigenvalue weighted by Crippen LogP contribution is 2.28. The summed E-state index contributed by atoms with van der Waals surface area (Å²) in [4.78, 5) is 0. The first-order chi connectivity index (χ1) is 9.69. The molecule has 0 bridgehead atoms. The molecule has 0 aliphatic rings. The van der Waals surface area contributed by atoms with Gasteiger partial charge in [0, 0.05) is 5.56 Å². The van der Waals surface area contributed by atoms with E-state index in [1.807, 2.05) is 42.5 Å². The van der Waals surface area contributed by atoms with Gasteiger partial charge in [-0.2, -0.15) is 0 Å². The summed E-state index contributed by atoms with van der Waals surface area (Å²) in [7, 11) is 0. The van der Waals surface area contributed by atoms with E-state index in [2.05, 4.69) is 0 Å². The molecule has 0 aliphatic carbocycles. The lowest BCUT2D eigenvalue weighted by Gasteiger charge is -2.08. The number of aliphatic hydroxyl groups excluding tert-OH is 1. The molecule has 0 heterocycles. The monoisotopic (exact) mass is 266 g/mol. The van der Waals surface area contributed by atoms with Crippen LogP contribution in [-0.4, -0.2) is 5.11 Å². The largest absolute Gasteiger partial charge is 0.392 e. The maximum absolute atomic E-state index is 14.2. The fourth-order valence-corrected chi connectivity index (χ4v) is 2.43. The first-order valence-electron chi connectivity index (χ1n) is 6.58. The van der Waals surface area contributed by atoms with E-state index in [1.54, 1.807) is 19.1 Å². The number of halogens is 1. The van der Waals surface area contributed by atoms with E-state index in [0.717, 1.165) is 21.9 Å². The van der Waals surface area contributed by atoms with Gasteiger partial charge in [-0.15, -0.1) is 0 Å². The molecule has 0 amide bonds. The molecule has 0 saturated heterocycles. The molecule has 3 rings (SSSR count).